The SMILES string of the molecule is CCN(CCOc1cccc(-c2cnc(N)c(C(=O)NC)n2)c1)Cc1ccccc1. The Morgan fingerprint density at radius 1 is 1.17 bits per heavy atom. The number of carbonyl (C=O) groups is 1. The van der Waals surface area contributed by atoms with E-state index in [1.807, 2.05) is 30.3 Å². The minimum absolute atomic E-state index is 0.101. The molecule has 1 amide bonds. The number of nitrogen functional groups attached to an aromatic ring is 1. The third kappa shape index (κ3) is 5.55. The summed E-state index contributed by atoms with van der Waals surface area (Å²) in [5, 5.41) is 2.52. The summed E-state index contributed by atoms with van der Waals surface area (Å²) in [5.74, 6) is 0.472. The zero-order valence-electron chi connectivity index (χ0n) is 17.3. The minimum atomic E-state index is -0.368. The summed E-state index contributed by atoms with van der Waals surface area (Å²) in [5.41, 5.74) is 8.54. The van der Waals surface area contributed by atoms with Crippen LogP contribution in [0, 0.1) is 0 Å². The monoisotopic (exact) mass is 405 g/mol. The lowest BCUT2D eigenvalue weighted by Crippen LogP contribution is -2.27. The van der Waals surface area contributed by atoms with Crippen molar-refractivity contribution in [2.24, 2.45) is 0 Å². The molecule has 0 unspecified atom stereocenters. The van der Waals surface area contributed by atoms with Crippen LogP contribution in [0.5, 0.6) is 5.75 Å². The third-order valence-corrected chi connectivity index (χ3v) is 4.75. The van der Waals surface area contributed by atoms with Crippen LogP contribution >= 0.6 is 0 Å². The molecule has 0 radical (unpaired) electrons. The number of hydrogen-bond donors (Lipinski definition) is 2. The lowest BCUT2D eigenvalue weighted by atomic mass is 10.1. The number of aromatic nitrogens is 2. The largest absolute Gasteiger partial charge is 0.492 e. The van der Waals surface area contributed by atoms with Crippen molar-refractivity contribution in [3.63, 3.8) is 0 Å². The van der Waals surface area contributed by atoms with Gasteiger partial charge in [-0.2, -0.15) is 0 Å². The first-order valence-corrected chi connectivity index (χ1v) is 9.94. The first kappa shape index (κ1) is 21.3. The van der Waals surface area contributed by atoms with Crippen LogP contribution in [0.2, 0.25) is 0 Å². The molecular formula is C23H27N5O2. The lowest BCUT2D eigenvalue weighted by molar-refractivity contribution is 0.0959. The van der Waals surface area contributed by atoms with E-state index in [0.717, 1.165) is 30.9 Å². The summed E-state index contributed by atoms with van der Waals surface area (Å²) in [6.45, 7) is 5.37. The smallest absolute Gasteiger partial charge is 0.273 e. The molecule has 1 heterocycles. The van der Waals surface area contributed by atoms with E-state index in [0.29, 0.717) is 12.3 Å². The van der Waals surface area contributed by atoms with Crippen LogP contribution in [-0.2, 0) is 6.54 Å². The number of nitrogens with zero attached hydrogens (tertiary/aromatic N) is 3. The van der Waals surface area contributed by atoms with E-state index in [1.165, 1.54) is 12.6 Å². The summed E-state index contributed by atoms with van der Waals surface area (Å²) < 4.78 is 5.97. The van der Waals surface area contributed by atoms with Crippen LogP contribution < -0.4 is 15.8 Å². The molecule has 0 aliphatic heterocycles. The van der Waals surface area contributed by atoms with Gasteiger partial charge in [-0.3, -0.25) is 9.69 Å². The average molecular weight is 406 g/mol. The lowest BCUT2D eigenvalue weighted by Gasteiger charge is -2.20. The molecule has 0 saturated carbocycles. The molecule has 3 N–H and O–H groups in total. The Balaban J connectivity index is 1.64. The normalized spacial score (nSPS) is 10.8. The Morgan fingerprint density at radius 3 is 2.70 bits per heavy atom. The van der Waals surface area contributed by atoms with Gasteiger partial charge in [-0.1, -0.05) is 49.4 Å². The summed E-state index contributed by atoms with van der Waals surface area (Å²) in [6.07, 6.45) is 1.56. The van der Waals surface area contributed by atoms with Crippen LogP contribution in [0.25, 0.3) is 11.3 Å². The fraction of sp³-hybridized carbons (Fsp3) is 0.261. The molecule has 0 bridgehead atoms. The quantitative estimate of drug-likeness (QED) is 0.568. The minimum Gasteiger partial charge on any atom is -0.492 e. The maximum Gasteiger partial charge on any atom is 0.273 e. The van der Waals surface area contributed by atoms with E-state index in [2.05, 4.69) is 51.4 Å². The number of amides is 1. The molecule has 7 heteroatoms. The molecule has 1 aromatic heterocycles. The molecule has 0 aliphatic rings. The molecule has 0 fully saturated rings. The van der Waals surface area contributed by atoms with Gasteiger partial charge in [0.05, 0.1) is 11.9 Å². The van der Waals surface area contributed by atoms with Crippen LogP contribution in [0.4, 0.5) is 5.82 Å². The molecule has 156 valence electrons. The van der Waals surface area contributed by atoms with Crippen molar-refractivity contribution < 1.29 is 9.53 Å². The molecular weight excluding hydrogens is 378 g/mol. The highest BCUT2D eigenvalue weighted by atomic mass is 16.5. The van der Waals surface area contributed by atoms with Crippen LogP contribution in [0.15, 0.2) is 60.8 Å². The number of benzene rings is 2. The van der Waals surface area contributed by atoms with Crippen molar-refractivity contribution in [2.45, 2.75) is 13.5 Å². The zero-order chi connectivity index (χ0) is 21.3. The molecule has 30 heavy (non-hydrogen) atoms. The van der Waals surface area contributed by atoms with Crippen molar-refractivity contribution in [1.82, 2.24) is 20.2 Å². The van der Waals surface area contributed by atoms with E-state index < -0.39 is 0 Å². The molecule has 0 aliphatic carbocycles. The van der Waals surface area contributed by atoms with Crippen molar-refractivity contribution in [1.29, 1.82) is 0 Å². The highest BCUT2D eigenvalue weighted by Gasteiger charge is 2.13. The third-order valence-electron chi connectivity index (χ3n) is 4.75. The molecule has 3 aromatic rings. The van der Waals surface area contributed by atoms with Gasteiger partial charge in [0.1, 0.15) is 12.4 Å². The molecule has 2 aromatic carbocycles. The van der Waals surface area contributed by atoms with Crippen molar-refractivity contribution >= 4 is 11.7 Å². The topological polar surface area (TPSA) is 93.4 Å². The Labute approximate surface area is 176 Å². The van der Waals surface area contributed by atoms with E-state index in [1.54, 1.807) is 6.20 Å². The Morgan fingerprint density at radius 2 is 1.97 bits per heavy atom. The van der Waals surface area contributed by atoms with Gasteiger partial charge in [-0.25, -0.2) is 9.97 Å². The Hall–Kier alpha value is -3.45. The van der Waals surface area contributed by atoms with E-state index in [4.69, 9.17) is 10.5 Å². The van der Waals surface area contributed by atoms with Crippen molar-refractivity contribution in [3.05, 3.63) is 72.1 Å². The molecule has 0 atom stereocenters. The first-order valence-electron chi connectivity index (χ1n) is 9.94. The zero-order valence-corrected chi connectivity index (χ0v) is 17.3. The fourth-order valence-electron chi connectivity index (χ4n) is 3.05. The van der Waals surface area contributed by atoms with Crippen LogP contribution in [-0.4, -0.2) is 47.5 Å². The number of ether oxygens (including phenoxy) is 1. The van der Waals surface area contributed by atoms with E-state index >= 15 is 0 Å². The maximum atomic E-state index is 11.9. The predicted molar refractivity (Wildman–Crippen MR) is 118 cm³/mol. The van der Waals surface area contributed by atoms with Crippen LogP contribution in [0.3, 0.4) is 0 Å². The number of nitrogens with two attached hydrogens (primary N) is 1. The van der Waals surface area contributed by atoms with Gasteiger partial charge in [0.2, 0.25) is 0 Å². The number of rotatable bonds is 9. The Kier molecular flexibility index (Phi) is 7.34. The van der Waals surface area contributed by atoms with Gasteiger partial charge < -0.3 is 15.8 Å². The van der Waals surface area contributed by atoms with Crippen molar-refractivity contribution in [2.75, 3.05) is 32.5 Å². The molecule has 0 spiro atoms. The number of hydrogen-bond acceptors (Lipinski definition) is 6. The van der Waals surface area contributed by atoms with E-state index in [9.17, 15) is 4.79 Å². The van der Waals surface area contributed by atoms with Gasteiger partial charge in [0, 0.05) is 25.7 Å². The molecule has 0 saturated heterocycles. The summed E-state index contributed by atoms with van der Waals surface area (Å²) in [4.78, 5) is 22.7. The molecule has 3 rings (SSSR count). The van der Waals surface area contributed by atoms with Gasteiger partial charge >= 0.3 is 0 Å². The highest BCUT2D eigenvalue weighted by Crippen LogP contribution is 2.23. The van der Waals surface area contributed by atoms with Gasteiger partial charge in [0.15, 0.2) is 11.5 Å². The molecule has 7 nitrogen and oxygen atoms in total. The number of likely N-dealkylation sites (N-methyl/N-ethyl adjacent to an activating group) is 1. The summed E-state index contributed by atoms with van der Waals surface area (Å²) >= 11 is 0. The summed E-state index contributed by atoms with van der Waals surface area (Å²) in [6, 6.07) is 18.0. The van der Waals surface area contributed by atoms with Gasteiger partial charge in [-0.05, 0) is 24.2 Å². The van der Waals surface area contributed by atoms with E-state index in [-0.39, 0.29) is 17.4 Å². The first-order chi connectivity index (χ1) is 14.6. The predicted octanol–water partition coefficient (Wildman–Crippen LogP) is 2.99. The number of carbonyl (C=O) groups excluding carboxylic acids is 1. The maximum absolute atomic E-state index is 11.9. The Bertz CT molecular complexity index is 978. The summed E-state index contributed by atoms with van der Waals surface area (Å²) in [7, 11) is 1.53. The van der Waals surface area contributed by atoms with Crippen molar-refractivity contribution in [3.8, 4) is 17.0 Å². The van der Waals surface area contributed by atoms with Gasteiger partial charge in [0.25, 0.3) is 5.91 Å². The fourth-order valence-corrected chi connectivity index (χ4v) is 3.05. The number of nitrogens with one attached hydrogen (secondary N) is 1. The second-order valence-electron chi connectivity index (χ2n) is 6.80. The second-order valence-corrected chi connectivity index (χ2v) is 6.80. The van der Waals surface area contributed by atoms with Gasteiger partial charge in [-0.15, -0.1) is 0 Å². The number of anilines is 1. The van der Waals surface area contributed by atoms with Crippen LogP contribution in [0.1, 0.15) is 23.0 Å². The standard InChI is InChI=1S/C23H27N5O2/c1-3-28(16-17-8-5-4-6-9-17)12-13-30-19-11-7-10-18(14-19)20-15-26-22(24)21(27-20)23(29)25-2/h4-11,14-15H,3,12-13,16H2,1-2H3,(H2,24,26)(H,25,29). The highest BCUT2D eigenvalue weighted by molar-refractivity contribution is 5.96. The second kappa shape index (κ2) is 10.4. The average Bonchev–Trinajstić information content (AvgIpc) is 2.79.